The second-order valence-corrected chi connectivity index (χ2v) is 6.03. The van der Waals surface area contributed by atoms with Crippen LogP contribution in [0.3, 0.4) is 0 Å². The van der Waals surface area contributed by atoms with Crippen LogP contribution in [0.2, 0.25) is 0 Å². The molecule has 0 saturated carbocycles. The summed E-state index contributed by atoms with van der Waals surface area (Å²) < 4.78 is 40.6. The third kappa shape index (κ3) is 8.42. The number of hydrogen-bond acceptors (Lipinski definition) is 4. The number of phenolic OH excluding ortho intramolecular Hbond substituents is 1. The SMILES string of the molecule is CCCCN(CCCC)CCNC(=O)c1cc(OC(F)(F)F)ccc1O. The van der Waals surface area contributed by atoms with Gasteiger partial charge in [-0.15, -0.1) is 13.2 Å². The lowest BCUT2D eigenvalue weighted by atomic mass is 10.1. The topological polar surface area (TPSA) is 61.8 Å². The number of ether oxygens (including phenoxy) is 1. The summed E-state index contributed by atoms with van der Waals surface area (Å²) in [6, 6.07) is 2.84. The minimum atomic E-state index is -4.86. The Morgan fingerprint density at radius 3 is 2.31 bits per heavy atom. The van der Waals surface area contributed by atoms with Crippen LogP contribution in [-0.2, 0) is 0 Å². The van der Waals surface area contributed by atoms with Crippen molar-refractivity contribution in [3.63, 3.8) is 0 Å². The molecule has 5 nitrogen and oxygen atoms in total. The smallest absolute Gasteiger partial charge is 0.507 e. The lowest BCUT2D eigenvalue weighted by Crippen LogP contribution is -2.36. The van der Waals surface area contributed by atoms with Crippen molar-refractivity contribution in [3.05, 3.63) is 23.8 Å². The number of phenols is 1. The standard InChI is InChI=1S/C18H27F3N2O3/c1-3-5-10-23(11-6-4-2)12-9-22-17(25)15-13-14(7-8-16(15)24)26-18(19,20)21/h7-8,13,24H,3-6,9-12H2,1-2H3,(H,22,25). The molecule has 0 aromatic heterocycles. The number of nitrogens with one attached hydrogen (secondary N) is 1. The van der Waals surface area contributed by atoms with Crippen molar-refractivity contribution in [2.75, 3.05) is 26.2 Å². The molecule has 0 aliphatic rings. The summed E-state index contributed by atoms with van der Waals surface area (Å²) in [5.74, 6) is -1.58. The highest BCUT2D eigenvalue weighted by atomic mass is 19.4. The van der Waals surface area contributed by atoms with Crippen molar-refractivity contribution in [1.29, 1.82) is 0 Å². The van der Waals surface area contributed by atoms with Crippen LogP contribution in [-0.4, -0.2) is 48.5 Å². The number of benzene rings is 1. The van der Waals surface area contributed by atoms with E-state index in [-0.39, 0.29) is 5.56 Å². The third-order valence-electron chi connectivity index (χ3n) is 3.82. The van der Waals surface area contributed by atoms with Crippen LogP contribution in [0.5, 0.6) is 11.5 Å². The molecule has 8 heteroatoms. The number of carbonyl (C=O) groups is 1. The molecule has 1 rings (SSSR count). The number of rotatable bonds is 11. The van der Waals surface area contributed by atoms with Crippen molar-refractivity contribution < 1.29 is 27.8 Å². The van der Waals surface area contributed by atoms with Gasteiger partial charge in [-0.2, -0.15) is 0 Å². The maximum Gasteiger partial charge on any atom is 0.573 e. The predicted octanol–water partition coefficient (Wildman–Crippen LogP) is 3.92. The van der Waals surface area contributed by atoms with Gasteiger partial charge in [0.05, 0.1) is 5.56 Å². The maximum absolute atomic E-state index is 12.3. The molecule has 0 bridgehead atoms. The Hall–Kier alpha value is -1.96. The van der Waals surface area contributed by atoms with Gasteiger partial charge in [0.25, 0.3) is 5.91 Å². The minimum Gasteiger partial charge on any atom is -0.507 e. The predicted molar refractivity (Wildman–Crippen MR) is 93.4 cm³/mol. The second kappa shape index (κ2) is 10.9. The first-order valence-electron chi connectivity index (χ1n) is 8.86. The largest absolute Gasteiger partial charge is 0.573 e. The average Bonchev–Trinajstić information content (AvgIpc) is 2.57. The molecule has 1 aromatic rings. The summed E-state index contributed by atoms with van der Waals surface area (Å²) in [6.45, 7) is 7.08. The second-order valence-electron chi connectivity index (χ2n) is 6.03. The summed E-state index contributed by atoms with van der Waals surface area (Å²) in [7, 11) is 0. The van der Waals surface area contributed by atoms with Gasteiger partial charge in [0.15, 0.2) is 0 Å². The highest BCUT2D eigenvalue weighted by molar-refractivity contribution is 5.97. The summed E-state index contributed by atoms with van der Waals surface area (Å²) >= 11 is 0. The highest BCUT2D eigenvalue weighted by Gasteiger charge is 2.31. The summed E-state index contributed by atoms with van der Waals surface area (Å²) in [4.78, 5) is 14.4. The monoisotopic (exact) mass is 376 g/mol. The van der Waals surface area contributed by atoms with Crippen LogP contribution in [0.4, 0.5) is 13.2 Å². The molecule has 0 saturated heterocycles. The number of alkyl halides is 3. The third-order valence-corrected chi connectivity index (χ3v) is 3.82. The number of halogens is 3. The van der Waals surface area contributed by atoms with E-state index in [2.05, 4.69) is 28.8 Å². The molecule has 1 amide bonds. The van der Waals surface area contributed by atoms with E-state index in [0.717, 1.165) is 57.0 Å². The van der Waals surface area contributed by atoms with Gasteiger partial charge >= 0.3 is 6.36 Å². The Bertz CT molecular complexity index is 557. The van der Waals surface area contributed by atoms with Gasteiger partial charge in [0, 0.05) is 13.1 Å². The Morgan fingerprint density at radius 2 is 1.77 bits per heavy atom. The molecule has 0 aliphatic heterocycles. The van der Waals surface area contributed by atoms with Gasteiger partial charge in [-0.1, -0.05) is 26.7 Å². The molecule has 0 unspecified atom stereocenters. The normalized spacial score (nSPS) is 11.6. The average molecular weight is 376 g/mol. The van der Waals surface area contributed by atoms with E-state index >= 15 is 0 Å². The van der Waals surface area contributed by atoms with Crippen molar-refractivity contribution in [1.82, 2.24) is 10.2 Å². The minimum absolute atomic E-state index is 0.250. The molecular weight excluding hydrogens is 349 g/mol. The first kappa shape index (κ1) is 22.1. The number of carbonyl (C=O) groups excluding carboxylic acids is 1. The molecule has 0 radical (unpaired) electrons. The Morgan fingerprint density at radius 1 is 1.15 bits per heavy atom. The first-order chi connectivity index (χ1) is 12.3. The maximum atomic E-state index is 12.3. The van der Waals surface area contributed by atoms with E-state index < -0.39 is 23.8 Å². The molecule has 0 fully saturated rings. The zero-order chi connectivity index (χ0) is 19.6. The molecule has 0 heterocycles. The molecule has 148 valence electrons. The molecule has 26 heavy (non-hydrogen) atoms. The van der Waals surface area contributed by atoms with E-state index in [1.165, 1.54) is 0 Å². The Balaban J connectivity index is 2.61. The number of nitrogens with zero attached hydrogens (tertiary/aromatic N) is 1. The first-order valence-corrected chi connectivity index (χ1v) is 8.86. The molecule has 2 N–H and O–H groups in total. The van der Waals surface area contributed by atoms with Gasteiger partial charge in [-0.25, -0.2) is 0 Å². The van der Waals surface area contributed by atoms with Crippen molar-refractivity contribution in [2.24, 2.45) is 0 Å². The zero-order valence-corrected chi connectivity index (χ0v) is 15.2. The number of unbranched alkanes of at least 4 members (excludes halogenated alkanes) is 2. The Kier molecular flexibility index (Phi) is 9.26. The number of aromatic hydroxyl groups is 1. The van der Waals surface area contributed by atoms with Crippen LogP contribution in [0.15, 0.2) is 18.2 Å². The summed E-state index contributed by atoms with van der Waals surface area (Å²) in [6.07, 6.45) is -0.571. The van der Waals surface area contributed by atoms with Gasteiger partial charge in [0.1, 0.15) is 11.5 Å². The van der Waals surface area contributed by atoms with Crippen molar-refractivity contribution in [2.45, 2.75) is 45.9 Å². The van der Waals surface area contributed by atoms with Gasteiger partial charge in [-0.3, -0.25) is 4.79 Å². The highest BCUT2D eigenvalue weighted by Crippen LogP contribution is 2.27. The van der Waals surface area contributed by atoms with Crippen LogP contribution < -0.4 is 10.1 Å². The van der Waals surface area contributed by atoms with E-state index in [1.807, 2.05) is 0 Å². The van der Waals surface area contributed by atoms with Crippen LogP contribution >= 0.6 is 0 Å². The van der Waals surface area contributed by atoms with Crippen LogP contribution in [0.25, 0.3) is 0 Å². The molecule has 0 aliphatic carbocycles. The molecule has 1 aromatic carbocycles. The van der Waals surface area contributed by atoms with E-state index in [1.54, 1.807) is 0 Å². The zero-order valence-electron chi connectivity index (χ0n) is 15.2. The quantitative estimate of drug-likeness (QED) is 0.614. The lowest BCUT2D eigenvalue weighted by molar-refractivity contribution is -0.274. The van der Waals surface area contributed by atoms with Crippen LogP contribution in [0.1, 0.15) is 49.9 Å². The summed E-state index contributed by atoms with van der Waals surface area (Å²) in [5.41, 5.74) is -0.250. The molecular formula is C18H27F3N2O3. The number of amides is 1. The van der Waals surface area contributed by atoms with Gasteiger partial charge in [0.2, 0.25) is 0 Å². The van der Waals surface area contributed by atoms with E-state index in [0.29, 0.717) is 13.1 Å². The lowest BCUT2D eigenvalue weighted by Gasteiger charge is -2.22. The fourth-order valence-corrected chi connectivity index (χ4v) is 2.42. The van der Waals surface area contributed by atoms with Crippen LogP contribution in [0, 0.1) is 0 Å². The van der Waals surface area contributed by atoms with E-state index in [4.69, 9.17) is 0 Å². The van der Waals surface area contributed by atoms with Gasteiger partial charge in [-0.05, 0) is 44.1 Å². The molecule has 0 atom stereocenters. The Labute approximate surface area is 152 Å². The fourth-order valence-electron chi connectivity index (χ4n) is 2.42. The van der Waals surface area contributed by atoms with Crippen molar-refractivity contribution >= 4 is 5.91 Å². The fraction of sp³-hybridized carbons (Fsp3) is 0.611. The van der Waals surface area contributed by atoms with E-state index in [9.17, 15) is 23.1 Å². The number of hydrogen-bond donors (Lipinski definition) is 2. The van der Waals surface area contributed by atoms with Gasteiger partial charge < -0.3 is 20.1 Å². The molecule has 0 spiro atoms. The van der Waals surface area contributed by atoms with Crippen molar-refractivity contribution in [3.8, 4) is 11.5 Å². The summed E-state index contributed by atoms with van der Waals surface area (Å²) in [5, 5.41) is 12.4.